The molecule has 134 valence electrons. The number of nitrogens with one attached hydrogen (secondary N) is 1. The maximum atomic E-state index is 12.9. The van der Waals surface area contributed by atoms with E-state index in [0.717, 1.165) is 5.56 Å². The Kier molecular flexibility index (Phi) is 5.31. The van der Waals surface area contributed by atoms with E-state index in [9.17, 15) is 14.0 Å². The van der Waals surface area contributed by atoms with Crippen molar-refractivity contribution in [2.24, 2.45) is 0 Å². The summed E-state index contributed by atoms with van der Waals surface area (Å²) >= 11 is 0. The fourth-order valence-corrected chi connectivity index (χ4v) is 2.65. The van der Waals surface area contributed by atoms with E-state index in [1.165, 1.54) is 18.2 Å². The lowest BCUT2D eigenvalue weighted by atomic mass is 10.1. The Morgan fingerprint density at radius 1 is 1.15 bits per heavy atom. The molecule has 0 saturated carbocycles. The summed E-state index contributed by atoms with van der Waals surface area (Å²) in [4.78, 5) is 24.3. The second kappa shape index (κ2) is 7.82. The number of carbonyl (C=O) groups excluding carboxylic acids is 1. The lowest BCUT2D eigenvalue weighted by molar-refractivity contribution is 0.0955. The van der Waals surface area contributed by atoms with Crippen molar-refractivity contribution in [1.29, 1.82) is 0 Å². The molecule has 0 atom stereocenters. The van der Waals surface area contributed by atoms with Gasteiger partial charge >= 0.3 is 5.63 Å². The predicted molar refractivity (Wildman–Crippen MR) is 96.1 cm³/mol. The topological polar surface area (TPSA) is 68.5 Å². The van der Waals surface area contributed by atoms with Gasteiger partial charge in [-0.15, -0.1) is 0 Å². The molecular weight excluding hydrogens is 337 g/mol. The molecule has 0 unspecified atom stereocenters. The van der Waals surface area contributed by atoms with Crippen LogP contribution in [-0.2, 0) is 6.42 Å². The summed E-state index contributed by atoms with van der Waals surface area (Å²) < 4.78 is 23.5. The van der Waals surface area contributed by atoms with Gasteiger partial charge in [-0.2, -0.15) is 0 Å². The van der Waals surface area contributed by atoms with Gasteiger partial charge in [0.1, 0.15) is 17.1 Å². The van der Waals surface area contributed by atoms with E-state index in [2.05, 4.69) is 5.32 Å². The highest BCUT2D eigenvalue weighted by Crippen LogP contribution is 2.22. The van der Waals surface area contributed by atoms with E-state index in [1.54, 1.807) is 30.3 Å². The van der Waals surface area contributed by atoms with Gasteiger partial charge < -0.3 is 14.5 Å². The Balaban J connectivity index is 1.76. The Labute approximate surface area is 149 Å². The van der Waals surface area contributed by atoms with Crippen molar-refractivity contribution in [3.63, 3.8) is 0 Å². The molecule has 0 saturated heterocycles. The first kappa shape index (κ1) is 17.7. The zero-order chi connectivity index (χ0) is 18.5. The molecule has 26 heavy (non-hydrogen) atoms. The third kappa shape index (κ3) is 4.08. The zero-order valence-electron chi connectivity index (χ0n) is 14.3. The van der Waals surface area contributed by atoms with Crippen molar-refractivity contribution in [2.75, 3.05) is 13.2 Å². The highest BCUT2D eigenvalue weighted by molar-refractivity contribution is 6.05. The minimum atomic E-state index is -0.602. The van der Waals surface area contributed by atoms with Gasteiger partial charge in [0.15, 0.2) is 0 Å². The summed E-state index contributed by atoms with van der Waals surface area (Å²) in [6.07, 6.45) is 0.555. The van der Waals surface area contributed by atoms with Gasteiger partial charge in [-0.05, 0) is 43.2 Å². The molecule has 0 fully saturated rings. The van der Waals surface area contributed by atoms with Crippen LogP contribution in [0.15, 0.2) is 57.7 Å². The number of hydrogen-bond acceptors (Lipinski definition) is 4. The molecule has 0 aliphatic rings. The van der Waals surface area contributed by atoms with Crippen LogP contribution < -0.4 is 15.7 Å². The van der Waals surface area contributed by atoms with Crippen molar-refractivity contribution in [1.82, 2.24) is 5.32 Å². The fraction of sp³-hybridized carbons (Fsp3) is 0.200. The smallest absolute Gasteiger partial charge is 0.337 e. The number of carbonyl (C=O) groups is 1. The van der Waals surface area contributed by atoms with Crippen LogP contribution in [0.4, 0.5) is 4.39 Å². The summed E-state index contributed by atoms with van der Waals surface area (Å²) in [6, 6.07) is 12.3. The Morgan fingerprint density at radius 2 is 1.92 bits per heavy atom. The number of ether oxygens (including phenoxy) is 1. The van der Waals surface area contributed by atoms with Gasteiger partial charge in [0, 0.05) is 24.1 Å². The molecule has 3 aromatic rings. The molecular formula is C20H18FNO4. The number of benzene rings is 2. The first-order valence-corrected chi connectivity index (χ1v) is 8.30. The van der Waals surface area contributed by atoms with E-state index in [4.69, 9.17) is 9.15 Å². The Morgan fingerprint density at radius 3 is 2.65 bits per heavy atom. The van der Waals surface area contributed by atoms with Gasteiger partial charge in [0.05, 0.1) is 12.2 Å². The molecule has 5 nitrogen and oxygen atoms in total. The average molecular weight is 355 g/mol. The highest BCUT2D eigenvalue weighted by atomic mass is 19.1. The van der Waals surface area contributed by atoms with E-state index >= 15 is 0 Å². The summed E-state index contributed by atoms with van der Waals surface area (Å²) in [5, 5.41) is 3.31. The van der Waals surface area contributed by atoms with E-state index in [-0.39, 0.29) is 17.3 Å². The lowest BCUT2D eigenvalue weighted by Gasteiger charge is -2.09. The van der Waals surface area contributed by atoms with Crippen LogP contribution in [0, 0.1) is 5.82 Å². The minimum Gasteiger partial charge on any atom is -0.494 e. The number of rotatable bonds is 6. The predicted octanol–water partition coefficient (Wildman–Crippen LogP) is 3.30. The van der Waals surface area contributed by atoms with Gasteiger partial charge in [0.2, 0.25) is 0 Å². The number of amides is 1. The van der Waals surface area contributed by atoms with Gasteiger partial charge in [-0.1, -0.05) is 12.1 Å². The fourth-order valence-electron chi connectivity index (χ4n) is 2.65. The highest BCUT2D eigenvalue weighted by Gasteiger charge is 2.13. The van der Waals surface area contributed by atoms with Crippen LogP contribution >= 0.6 is 0 Å². The first-order chi connectivity index (χ1) is 12.6. The molecule has 1 amide bonds. The van der Waals surface area contributed by atoms with Crippen LogP contribution in [0.3, 0.4) is 0 Å². The largest absolute Gasteiger partial charge is 0.494 e. The second-order valence-corrected chi connectivity index (χ2v) is 5.70. The lowest BCUT2D eigenvalue weighted by Crippen LogP contribution is -2.26. The molecule has 1 aromatic heterocycles. The summed E-state index contributed by atoms with van der Waals surface area (Å²) in [6.45, 7) is 2.70. The van der Waals surface area contributed by atoms with Gasteiger partial charge in [-0.25, -0.2) is 9.18 Å². The van der Waals surface area contributed by atoms with Gasteiger partial charge in [-0.3, -0.25) is 4.79 Å². The SMILES string of the molecule is CCOc1ccc2c(C(=O)NCCc3ccc(F)cc3)cc(=O)oc2c1. The molecule has 1 heterocycles. The Hall–Kier alpha value is -3.15. The normalized spacial score (nSPS) is 10.7. The monoisotopic (exact) mass is 355 g/mol. The van der Waals surface area contributed by atoms with E-state index in [1.807, 2.05) is 6.92 Å². The van der Waals surface area contributed by atoms with Crippen LogP contribution in [-0.4, -0.2) is 19.1 Å². The van der Waals surface area contributed by atoms with Crippen LogP contribution in [0.1, 0.15) is 22.8 Å². The molecule has 2 aromatic carbocycles. The standard InChI is InChI=1S/C20H18FNO4/c1-2-25-15-7-8-16-17(12-19(23)26-18(16)11-15)20(24)22-10-9-13-3-5-14(21)6-4-13/h3-8,11-12H,2,9-10H2,1H3,(H,22,24). The van der Waals surface area contributed by atoms with Crippen molar-refractivity contribution < 1.29 is 18.3 Å². The minimum absolute atomic E-state index is 0.249. The summed E-state index contributed by atoms with van der Waals surface area (Å²) in [5.74, 6) is -0.0992. The van der Waals surface area contributed by atoms with Crippen LogP contribution in [0.2, 0.25) is 0 Å². The maximum absolute atomic E-state index is 12.9. The average Bonchev–Trinajstić information content (AvgIpc) is 2.62. The number of halogens is 1. The van der Waals surface area contributed by atoms with Gasteiger partial charge in [0.25, 0.3) is 5.91 Å². The van der Waals surface area contributed by atoms with Crippen molar-refractivity contribution in [2.45, 2.75) is 13.3 Å². The third-order valence-corrected chi connectivity index (χ3v) is 3.88. The Bertz CT molecular complexity index is 979. The van der Waals surface area contributed by atoms with Crippen molar-refractivity contribution in [3.8, 4) is 5.75 Å². The molecule has 0 spiro atoms. The van der Waals surface area contributed by atoms with Crippen molar-refractivity contribution >= 4 is 16.9 Å². The van der Waals surface area contributed by atoms with E-state index < -0.39 is 5.63 Å². The third-order valence-electron chi connectivity index (χ3n) is 3.88. The van der Waals surface area contributed by atoms with Crippen molar-refractivity contribution in [3.05, 3.63) is 75.9 Å². The quantitative estimate of drug-likeness (QED) is 0.689. The van der Waals surface area contributed by atoms with Crippen LogP contribution in [0.5, 0.6) is 5.75 Å². The number of hydrogen-bond donors (Lipinski definition) is 1. The summed E-state index contributed by atoms with van der Waals surface area (Å²) in [5.41, 5.74) is 0.853. The van der Waals surface area contributed by atoms with Crippen LogP contribution in [0.25, 0.3) is 11.0 Å². The van der Waals surface area contributed by atoms with E-state index in [0.29, 0.717) is 36.3 Å². The molecule has 0 aliphatic carbocycles. The molecule has 1 N–H and O–H groups in total. The molecule has 6 heteroatoms. The molecule has 3 rings (SSSR count). The molecule has 0 radical (unpaired) electrons. The summed E-state index contributed by atoms with van der Waals surface area (Å²) in [7, 11) is 0. The molecule has 0 bridgehead atoms. The molecule has 0 aliphatic heterocycles. The second-order valence-electron chi connectivity index (χ2n) is 5.70. The zero-order valence-corrected chi connectivity index (χ0v) is 14.3. The first-order valence-electron chi connectivity index (χ1n) is 8.30. The maximum Gasteiger partial charge on any atom is 0.337 e. The number of fused-ring (bicyclic) bond motifs is 1.